The molecule has 7 nitrogen and oxygen atoms in total. The van der Waals surface area contributed by atoms with Gasteiger partial charge in [0.2, 0.25) is 0 Å². The van der Waals surface area contributed by atoms with Crippen molar-refractivity contribution in [2.24, 2.45) is 0 Å². The van der Waals surface area contributed by atoms with Gasteiger partial charge in [-0.1, -0.05) is 16.6 Å². The highest BCUT2D eigenvalue weighted by Crippen LogP contribution is 2.20. The molecule has 1 aliphatic heterocycles. The van der Waals surface area contributed by atoms with E-state index in [1.54, 1.807) is 24.3 Å². The van der Waals surface area contributed by atoms with Crippen LogP contribution in [0.1, 0.15) is 10.4 Å². The molecule has 0 bridgehead atoms. The predicted octanol–water partition coefficient (Wildman–Crippen LogP) is -0.256. The van der Waals surface area contributed by atoms with E-state index >= 15 is 0 Å². The summed E-state index contributed by atoms with van der Waals surface area (Å²) in [6.45, 7) is -0.0103. The van der Waals surface area contributed by atoms with Gasteiger partial charge in [-0.05, 0) is 23.7 Å². The molecular weight excluding hydrogens is 306 g/mol. The summed E-state index contributed by atoms with van der Waals surface area (Å²) in [5.74, 6) is -0.298. The molecular formula is C14H15N3O4S. The lowest BCUT2D eigenvalue weighted by molar-refractivity contribution is -0.101. The Morgan fingerprint density at radius 1 is 1.14 bits per heavy atom. The number of likely N-dealkylation sites (tertiary alicyclic amines) is 1. The summed E-state index contributed by atoms with van der Waals surface area (Å²) in [6, 6.07) is 6.88. The zero-order chi connectivity index (χ0) is 15.7. The van der Waals surface area contributed by atoms with Gasteiger partial charge in [0.1, 0.15) is 24.0 Å². The van der Waals surface area contributed by atoms with Crippen LogP contribution in [0.3, 0.4) is 0 Å². The van der Waals surface area contributed by atoms with E-state index in [2.05, 4.69) is 9.59 Å². The zero-order valence-electron chi connectivity index (χ0n) is 11.5. The summed E-state index contributed by atoms with van der Waals surface area (Å²) >= 11 is 1.25. The molecule has 1 aromatic heterocycles. The number of rotatable bonds is 2. The second-order valence-electron chi connectivity index (χ2n) is 5.20. The van der Waals surface area contributed by atoms with Crippen molar-refractivity contribution in [3.63, 3.8) is 0 Å². The Balaban J connectivity index is 1.75. The minimum Gasteiger partial charge on any atom is -0.388 e. The maximum absolute atomic E-state index is 12.4. The summed E-state index contributed by atoms with van der Waals surface area (Å²) in [7, 11) is 0. The van der Waals surface area contributed by atoms with Crippen molar-refractivity contribution in [2.75, 3.05) is 13.1 Å². The molecule has 22 heavy (non-hydrogen) atoms. The van der Waals surface area contributed by atoms with Crippen LogP contribution in [0.5, 0.6) is 0 Å². The van der Waals surface area contributed by atoms with Gasteiger partial charge in [-0.15, -0.1) is 5.10 Å². The number of β-amino-alcohol motifs (C(OH)–C–C–N with tert-alkyl or cyclic N) is 2. The standard InChI is InChI=1S/C14H15N3O4S/c18-11-5-17(6-12(19)13(11)20)14(21)9-3-1-8(2-4-9)10-7-22-16-15-10/h1-4,7,11-13,18-20H,5-6H2/t11-,12+,13?. The van der Waals surface area contributed by atoms with Gasteiger partial charge in [0.25, 0.3) is 5.91 Å². The Morgan fingerprint density at radius 2 is 1.77 bits per heavy atom. The Morgan fingerprint density at radius 3 is 2.32 bits per heavy atom. The van der Waals surface area contributed by atoms with Gasteiger partial charge in [0.05, 0.1) is 0 Å². The first-order valence-electron chi connectivity index (χ1n) is 6.77. The Kier molecular flexibility index (Phi) is 4.16. The van der Waals surface area contributed by atoms with E-state index in [0.29, 0.717) is 5.56 Å². The second-order valence-corrected chi connectivity index (χ2v) is 5.81. The van der Waals surface area contributed by atoms with Gasteiger partial charge >= 0.3 is 0 Å². The molecule has 0 saturated carbocycles. The molecule has 2 aromatic rings. The molecule has 0 radical (unpaired) electrons. The third-order valence-electron chi connectivity index (χ3n) is 3.68. The van der Waals surface area contributed by atoms with Gasteiger partial charge in [-0.3, -0.25) is 4.79 Å². The van der Waals surface area contributed by atoms with Crippen LogP contribution in [0.15, 0.2) is 29.6 Å². The number of nitrogens with zero attached hydrogens (tertiary/aromatic N) is 3. The fraction of sp³-hybridized carbons (Fsp3) is 0.357. The van der Waals surface area contributed by atoms with Crippen LogP contribution in [-0.2, 0) is 0 Å². The fourth-order valence-corrected chi connectivity index (χ4v) is 2.89. The minimum absolute atomic E-state index is 0.00514. The lowest BCUT2D eigenvalue weighted by atomic mass is 10.0. The highest BCUT2D eigenvalue weighted by Gasteiger charge is 2.35. The van der Waals surface area contributed by atoms with Crippen molar-refractivity contribution in [1.82, 2.24) is 14.5 Å². The number of carbonyl (C=O) groups excluding carboxylic acids is 1. The zero-order valence-corrected chi connectivity index (χ0v) is 12.3. The number of hydrogen-bond donors (Lipinski definition) is 3. The molecule has 1 fully saturated rings. The second kappa shape index (κ2) is 6.09. The maximum Gasteiger partial charge on any atom is 0.254 e. The van der Waals surface area contributed by atoms with E-state index in [1.165, 1.54) is 16.4 Å². The van der Waals surface area contributed by atoms with E-state index in [9.17, 15) is 20.1 Å². The van der Waals surface area contributed by atoms with E-state index in [1.807, 2.05) is 5.38 Å². The highest BCUT2D eigenvalue weighted by molar-refractivity contribution is 7.03. The lowest BCUT2D eigenvalue weighted by Gasteiger charge is -2.36. The third-order valence-corrected chi connectivity index (χ3v) is 4.18. The van der Waals surface area contributed by atoms with Crippen LogP contribution in [0, 0.1) is 0 Å². The van der Waals surface area contributed by atoms with Gasteiger partial charge in [0, 0.05) is 29.6 Å². The summed E-state index contributed by atoms with van der Waals surface area (Å²) < 4.78 is 3.79. The number of carbonyl (C=O) groups is 1. The smallest absolute Gasteiger partial charge is 0.254 e. The third kappa shape index (κ3) is 2.86. The fourth-order valence-electron chi connectivity index (χ4n) is 2.42. The lowest BCUT2D eigenvalue weighted by Crippen LogP contribution is -2.56. The first-order valence-corrected chi connectivity index (χ1v) is 7.61. The Labute approximate surface area is 130 Å². The molecule has 0 aliphatic carbocycles. The van der Waals surface area contributed by atoms with E-state index in [4.69, 9.17) is 0 Å². The summed E-state index contributed by atoms with van der Waals surface area (Å²) in [5.41, 5.74) is 2.05. The molecule has 3 rings (SSSR count). The van der Waals surface area contributed by atoms with Gasteiger partial charge < -0.3 is 20.2 Å². The normalized spacial score (nSPS) is 25.2. The molecule has 1 amide bonds. The number of piperidine rings is 1. The first kappa shape index (κ1) is 15.0. The summed E-state index contributed by atoms with van der Waals surface area (Å²) in [6.07, 6.45) is -3.51. The van der Waals surface area contributed by atoms with Crippen molar-refractivity contribution >= 4 is 17.4 Å². The van der Waals surface area contributed by atoms with Crippen LogP contribution in [0.4, 0.5) is 0 Å². The quantitative estimate of drug-likeness (QED) is 0.704. The van der Waals surface area contributed by atoms with Gasteiger partial charge in [0.15, 0.2) is 0 Å². The molecule has 3 N–H and O–H groups in total. The van der Waals surface area contributed by atoms with Gasteiger partial charge in [-0.2, -0.15) is 0 Å². The molecule has 0 spiro atoms. The van der Waals surface area contributed by atoms with Crippen molar-refractivity contribution in [3.05, 3.63) is 35.2 Å². The molecule has 1 saturated heterocycles. The molecule has 116 valence electrons. The Bertz CT molecular complexity index is 635. The average Bonchev–Trinajstić information content (AvgIpc) is 3.06. The number of amides is 1. The van der Waals surface area contributed by atoms with Crippen molar-refractivity contribution in [1.29, 1.82) is 0 Å². The minimum atomic E-state index is -1.22. The van der Waals surface area contributed by atoms with Crippen LogP contribution >= 0.6 is 11.5 Å². The number of hydrogen-bond acceptors (Lipinski definition) is 7. The maximum atomic E-state index is 12.4. The summed E-state index contributed by atoms with van der Waals surface area (Å²) in [5, 5.41) is 34.6. The Hall–Kier alpha value is -1.87. The molecule has 8 heteroatoms. The number of aliphatic hydroxyl groups excluding tert-OH is 3. The van der Waals surface area contributed by atoms with Crippen molar-refractivity contribution < 1.29 is 20.1 Å². The van der Waals surface area contributed by atoms with Crippen LogP contribution in [-0.4, -0.2) is 67.1 Å². The molecule has 1 unspecified atom stereocenters. The van der Waals surface area contributed by atoms with E-state index < -0.39 is 18.3 Å². The highest BCUT2D eigenvalue weighted by atomic mass is 32.1. The number of aliphatic hydroxyl groups is 3. The van der Waals surface area contributed by atoms with Crippen LogP contribution in [0.25, 0.3) is 11.3 Å². The largest absolute Gasteiger partial charge is 0.388 e. The molecule has 1 aliphatic rings. The van der Waals surface area contributed by atoms with Gasteiger partial charge in [-0.25, -0.2) is 0 Å². The molecule has 3 atom stereocenters. The van der Waals surface area contributed by atoms with Crippen LogP contribution < -0.4 is 0 Å². The van der Waals surface area contributed by atoms with Crippen molar-refractivity contribution in [3.8, 4) is 11.3 Å². The van der Waals surface area contributed by atoms with Crippen molar-refractivity contribution in [2.45, 2.75) is 18.3 Å². The monoisotopic (exact) mass is 321 g/mol. The number of aromatic nitrogens is 2. The van der Waals surface area contributed by atoms with Crippen LogP contribution in [0.2, 0.25) is 0 Å². The topological polar surface area (TPSA) is 107 Å². The molecule has 1 aromatic carbocycles. The van der Waals surface area contributed by atoms with E-state index in [-0.39, 0.29) is 19.0 Å². The average molecular weight is 321 g/mol. The first-order chi connectivity index (χ1) is 10.6. The summed E-state index contributed by atoms with van der Waals surface area (Å²) in [4.78, 5) is 13.7. The van der Waals surface area contributed by atoms with E-state index in [0.717, 1.165) is 11.3 Å². The molecule has 2 heterocycles. The SMILES string of the molecule is O=C(c1ccc(-c2csnn2)cc1)N1C[C@@H](O)C(O)[C@@H](O)C1. The number of benzene rings is 1. The predicted molar refractivity (Wildman–Crippen MR) is 79.3 cm³/mol.